The van der Waals surface area contributed by atoms with Gasteiger partial charge in [-0.1, -0.05) is 26.7 Å². The van der Waals surface area contributed by atoms with Gasteiger partial charge in [-0.3, -0.25) is 0 Å². The summed E-state index contributed by atoms with van der Waals surface area (Å²) in [6.07, 6.45) is 6.59. The van der Waals surface area contributed by atoms with Crippen molar-refractivity contribution >= 4 is 13.5 Å². The third-order valence-corrected chi connectivity index (χ3v) is 2.56. The van der Waals surface area contributed by atoms with Crippen molar-refractivity contribution in [1.29, 1.82) is 0 Å². The first-order valence-electron chi connectivity index (χ1n) is 5.75. The fourth-order valence-corrected chi connectivity index (χ4v) is 1.52. The van der Waals surface area contributed by atoms with E-state index in [2.05, 4.69) is 19.2 Å². The van der Waals surface area contributed by atoms with Crippen LogP contribution in [-0.4, -0.2) is 30.6 Å². The zero-order chi connectivity index (χ0) is 9.94. The van der Waals surface area contributed by atoms with Crippen LogP contribution in [0.2, 0.25) is 0 Å². The molecule has 1 fully saturated rings. The van der Waals surface area contributed by atoms with Crippen molar-refractivity contribution in [2.45, 2.75) is 46.0 Å². The van der Waals surface area contributed by atoms with Gasteiger partial charge in [0.1, 0.15) is 0 Å². The smallest absolute Gasteiger partial charge is 0 e. The van der Waals surface area contributed by atoms with E-state index < -0.39 is 0 Å². The van der Waals surface area contributed by atoms with Crippen LogP contribution in [-0.2, 0) is 0 Å². The summed E-state index contributed by atoms with van der Waals surface area (Å²) in [6.45, 7) is 7.77. The van der Waals surface area contributed by atoms with Crippen molar-refractivity contribution < 1.29 is 12.4 Å². The standard InChI is InChI=1S/C7H17N.C4H9N.2H2O.H2S.H2/c1-3-5-7(4-2)6-8;1-2-4-5-3-1;;;;/h7H,3-6,8H2,1-2H3;5H,1-4H2;3*1H2;1H/t7-;;;;;/m0...../s1. The molecular weight excluding hydrogens is 224 g/mol. The summed E-state index contributed by atoms with van der Waals surface area (Å²) in [5.74, 6) is 0.778. The fourth-order valence-electron chi connectivity index (χ4n) is 1.52. The maximum Gasteiger partial charge on any atom is 0 e. The molecule has 0 amide bonds. The van der Waals surface area contributed by atoms with E-state index in [1.807, 2.05) is 0 Å². The van der Waals surface area contributed by atoms with Crippen LogP contribution >= 0.6 is 13.5 Å². The predicted molar refractivity (Wildman–Crippen MR) is 79.6 cm³/mol. The second-order valence-corrected chi connectivity index (χ2v) is 3.76. The van der Waals surface area contributed by atoms with Crippen molar-refractivity contribution in [2.75, 3.05) is 19.6 Å². The first-order chi connectivity index (χ1) is 6.35. The maximum absolute atomic E-state index is 5.47. The van der Waals surface area contributed by atoms with Crippen LogP contribution in [0.4, 0.5) is 0 Å². The van der Waals surface area contributed by atoms with Gasteiger partial charge >= 0.3 is 0 Å². The number of nitrogens with two attached hydrogens (primary N) is 1. The lowest BCUT2D eigenvalue weighted by Crippen LogP contribution is -2.12. The van der Waals surface area contributed by atoms with Crippen LogP contribution in [0.1, 0.15) is 47.4 Å². The monoisotopic (exact) mass is 258 g/mol. The highest BCUT2D eigenvalue weighted by atomic mass is 32.1. The van der Waals surface area contributed by atoms with Gasteiger partial charge in [-0.05, 0) is 44.8 Å². The Morgan fingerprint density at radius 2 is 1.69 bits per heavy atom. The van der Waals surface area contributed by atoms with Gasteiger partial charge in [0.2, 0.25) is 0 Å². The Morgan fingerprint density at radius 3 is 1.81 bits per heavy atom. The van der Waals surface area contributed by atoms with Crippen LogP contribution in [0.3, 0.4) is 0 Å². The van der Waals surface area contributed by atoms with Crippen LogP contribution in [0.15, 0.2) is 0 Å². The summed E-state index contributed by atoms with van der Waals surface area (Å²) in [6, 6.07) is 0. The Morgan fingerprint density at radius 1 is 1.19 bits per heavy atom. The molecule has 16 heavy (non-hydrogen) atoms. The molecule has 0 aliphatic carbocycles. The number of nitrogens with one attached hydrogen (secondary N) is 1. The summed E-state index contributed by atoms with van der Waals surface area (Å²) in [5.41, 5.74) is 5.47. The molecule has 0 aromatic heterocycles. The second kappa shape index (κ2) is 20.6. The zero-order valence-corrected chi connectivity index (χ0v) is 11.8. The number of hydrogen-bond donors (Lipinski definition) is 2. The molecule has 106 valence electrons. The van der Waals surface area contributed by atoms with Crippen molar-refractivity contribution in [1.82, 2.24) is 5.32 Å². The van der Waals surface area contributed by atoms with Gasteiger partial charge in [0.05, 0.1) is 0 Å². The lowest BCUT2D eigenvalue weighted by Gasteiger charge is -2.08. The van der Waals surface area contributed by atoms with Gasteiger partial charge in [-0.2, -0.15) is 13.5 Å². The Kier molecular flexibility index (Phi) is 32.3. The van der Waals surface area contributed by atoms with Gasteiger partial charge < -0.3 is 22.0 Å². The molecule has 1 saturated heterocycles. The molecular formula is C11H34N2O2S. The Labute approximate surface area is 109 Å². The van der Waals surface area contributed by atoms with E-state index in [-0.39, 0.29) is 25.9 Å². The first kappa shape index (κ1) is 25.1. The molecule has 5 heteroatoms. The molecule has 0 saturated carbocycles. The highest BCUT2D eigenvalue weighted by Gasteiger charge is 1.99. The molecule has 1 heterocycles. The molecule has 0 bridgehead atoms. The van der Waals surface area contributed by atoms with Crippen LogP contribution in [0.25, 0.3) is 0 Å². The molecule has 0 unspecified atom stereocenters. The van der Waals surface area contributed by atoms with Gasteiger partial charge in [0.25, 0.3) is 0 Å². The summed E-state index contributed by atoms with van der Waals surface area (Å²) < 4.78 is 0. The Hall–Kier alpha value is 0.190. The molecule has 0 aromatic rings. The van der Waals surface area contributed by atoms with Gasteiger partial charge in [0.15, 0.2) is 0 Å². The quantitative estimate of drug-likeness (QED) is 0.781. The van der Waals surface area contributed by atoms with E-state index in [1.165, 1.54) is 45.2 Å². The molecule has 1 aliphatic rings. The minimum atomic E-state index is 0. The van der Waals surface area contributed by atoms with E-state index in [0.29, 0.717) is 0 Å². The molecule has 4 nitrogen and oxygen atoms in total. The number of hydrogen-bond acceptors (Lipinski definition) is 2. The molecule has 7 N–H and O–H groups in total. The summed E-state index contributed by atoms with van der Waals surface area (Å²) in [4.78, 5) is 0. The average molecular weight is 258 g/mol. The SMILES string of the molecule is C1CCNC1.CCC[C@H](CC)CN.O.O.S.[HH]. The third-order valence-electron chi connectivity index (χ3n) is 2.56. The average Bonchev–Trinajstić information content (AvgIpc) is 2.72. The minimum Gasteiger partial charge on any atom is -0.412 e. The van der Waals surface area contributed by atoms with Gasteiger partial charge in [0, 0.05) is 1.43 Å². The van der Waals surface area contributed by atoms with Gasteiger partial charge in [-0.25, -0.2) is 0 Å². The van der Waals surface area contributed by atoms with Crippen molar-refractivity contribution in [3.8, 4) is 0 Å². The zero-order valence-electron chi connectivity index (χ0n) is 10.8. The molecule has 0 radical (unpaired) electrons. The third kappa shape index (κ3) is 16.6. The topological polar surface area (TPSA) is 101 Å². The summed E-state index contributed by atoms with van der Waals surface area (Å²) in [7, 11) is 0. The molecule has 0 spiro atoms. The lowest BCUT2D eigenvalue weighted by atomic mass is 10.0. The highest BCUT2D eigenvalue weighted by Crippen LogP contribution is 2.07. The highest BCUT2D eigenvalue weighted by molar-refractivity contribution is 7.59. The van der Waals surface area contributed by atoms with Crippen LogP contribution in [0, 0.1) is 5.92 Å². The Bertz CT molecular complexity index is 97.9. The lowest BCUT2D eigenvalue weighted by molar-refractivity contribution is 0.475. The minimum absolute atomic E-state index is 0. The Balaban J connectivity index is -0.0000000478. The van der Waals surface area contributed by atoms with Crippen molar-refractivity contribution in [3.05, 3.63) is 0 Å². The van der Waals surface area contributed by atoms with E-state index in [4.69, 9.17) is 5.73 Å². The van der Waals surface area contributed by atoms with Gasteiger partial charge in [-0.15, -0.1) is 0 Å². The van der Waals surface area contributed by atoms with E-state index >= 15 is 0 Å². The van der Waals surface area contributed by atoms with Crippen molar-refractivity contribution in [2.24, 2.45) is 11.7 Å². The van der Waals surface area contributed by atoms with Crippen molar-refractivity contribution in [3.63, 3.8) is 0 Å². The van der Waals surface area contributed by atoms with Crippen LogP contribution < -0.4 is 11.1 Å². The largest absolute Gasteiger partial charge is 0.412 e. The fraction of sp³-hybridized carbons (Fsp3) is 1.00. The van der Waals surface area contributed by atoms with E-state index in [9.17, 15) is 0 Å². The second-order valence-electron chi connectivity index (χ2n) is 3.76. The van der Waals surface area contributed by atoms with E-state index in [0.717, 1.165) is 12.5 Å². The summed E-state index contributed by atoms with van der Waals surface area (Å²) in [5, 5.41) is 3.22. The molecule has 1 atom stereocenters. The maximum atomic E-state index is 5.47. The summed E-state index contributed by atoms with van der Waals surface area (Å²) >= 11 is 0. The molecule has 0 aromatic carbocycles. The number of rotatable bonds is 4. The normalized spacial score (nSPS) is 14.4. The molecule has 1 aliphatic heterocycles. The molecule has 1 rings (SSSR count). The first-order valence-corrected chi connectivity index (χ1v) is 5.75. The predicted octanol–water partition coefficient (Wildman–Crippen LogP) is 0.851. The van der Waals surface area contributed by atoms with Crippen LogP contribution in [0.5, 0.6) is 0 Å². The van der Waals surface area contributed by atoms with E-state index in [1.54, 1.807) is 0 Å².